The third-order valence-corrected chi connectivity index (χ3v) is 7.46. The zero-order valence-electron chi connectivity index (χ0n) is 19.5. The molecule has 2 fully saturated rings. The van der Waals surface area contributed by atoms with Crippen molar-refractivity contribution >= 4 is 28.5 Å². The van der Waals surface area contributed by atoms with Crippen LogP contribution in [-0.2, 0) is 4.79 Å². The second kappa shape index (κ2) is 8.30. The number of hydrogen-bond acceptors (Lipinski definition) is 5. The maximum Gasteiger partial charge on any atom is 0.289 e. The summed E-state index contributed by atoms with van der Waals surface area (Å²) < 4.78 is 11.4. The molecule has 2 aromatic heterocycles. The average Bonchev–Trinajstić information content (AvgIpc) is 3.64. The molecule has 1 N–H and O–H groups in total. The molecule has 8 heteroatoms. The molecule has 1 spiro atoms. The van der Waals surface area contributed by atoms with E-state index in [1.165, 1.54) is 0 Å². The number of likely N-dealkylation sites (tertiary alicyclic amines) is 1. The van der Waals surface area contributed by atoms with E-state index in [1.54, 1.807) is 19.4 Å². The highest BCUT2D eigenvalue weighted by Gasteiger charge is 2.49. The van der Waals surface area contributed by atoms with Crippen molar-refractivity contribution in [3.63, 3.8) is 0 Å². The summed E-state index contributed by atoms with van der Waals surface area (Å²) in [7, 11) is 1.63. The predicted octanol–water partition coefficient (Wildman–Crippen LogP) is 4.49. The molecule has 8 nitrogen and oxygen atoms in total. The van der Waals surface area contributed by atoms with Gasteiger partial charge < -0.3 is 19.0 Å². The van der Waals surface area contributed by atoms with Crippen molar-refractivity contribution in [2.45, 2.75) is 19.3 Å². The standard InChI is InChI=1S/C27H26N4O4/c1-34-23-15-20(6-7-21(23)19-16-28-29-17-19)31-13-10-27(26(31)33)8-11-30(12-9-27)25(32)24-14-18-4-2-3-5-22(18)35-24/h2-7,14-17H,8-13H2,1H3,(H,28,29). The molecule has 4 heterocycles. The Labute approximate surface area is 202 Å². The fourth-order valence-electron chi connectivity index (χ4n) is 5.40. The van der Waals surface area contributed by atoms with E-state index in [4.69, 9.17) is 9.15 Å². The normalized spacial score (nSPS) is 17.5. The van der Waals surface area contributed by atoms with Gasteiger partial charge in [-0.2, -0.15) is 5.10 Å². The van der Waals surface area contributed by atoms with Crippen molar-refractivity contribution in [1.29, 1.82) is 0 Å². The lowest BCUT2D eigenvalue weighted by atomic mass is 9.77. The lowest BCUT2D eigenvalue weighted by Gasteiger charge is -2.37. The van der Waals surface area contributed by atoms with Crippen LogP contribution in [0, 0.1) is 5.41 Å². The molecule has 0 aliphatic carbocycles. The van der Waals surface area contributed by atoms with Gasteiger partial charge in [-0.3, -0.25) is 14.7 Å². The first-order valence-corrected chi connectivity index (χ1v) is 11.8. The van der Waals surface area contributed by atoms with Gasteiger partial charge in [0.05, 0.1) is 18.7 Å². The number of para-hydroxylation sites is 1. The number of methoxy groups -OCH3 is 1. The number of ether oxygens (including phenoxy) is 1. The number of aromatic nitrogens is 2. The topological polar surface area (TPSA) is 91.7 Å². The van der Waals surface area contributed by atoms with Crippen molar-refractivity contribution in [3.8, 4) is 16.9 Å². The summed E-state index contributed by atoms with van der Waals surface area (Å²) in [6, 6.07) is 15.2. The summed E-state index contributed by atoms with van der Waals surface area (Å²) in [4.78, 5) is 30.3. The number of carbonyl (C=O) groups excluding carboxylic acids is 2. The van der Waals surface area contributed by atoms with Gasteiger partial charge in [-0.05, 0) is 43.5 Å². The zero-order valence-corrected chi connectivity index (χ0v) is 19.5. The van der Waals surface area contributed by atoms with Crippen LogP contribution >= 0.6 is 0 Å². The van der Waals surface area contributed by atoms with Crippen LogP contribution in [0.1, 0.15) is 29.8 Å². The van der Waals surface area contributed by atoms with Crippen LogP contribution in [0.25, 0.3) is 22.1 Å². The molecule has 178 valence electrons. The Bertz CT molecular complexity index is 1370. The smallest absolute Gasteiger partial charge is 0.289 e. The molecule has 0 bridgehead atoms. The molecule has 0 saturated carbocycles. The maximum absolute atomic E-state index is 13.6. The number of hydrogen-bond donors (Lipinski definition) is 1. The van der Waals surface area contributed by atoms with Crippen molar-refractivity contribution in [2.24, 2.45) is 5.41 Å². The van der Waals surface area contributed by atoms with Crippen LogP contribution in [0.5, 0.6) is 5.75 Å². The molecule has 0 radical (unpaired) electrons. The summed E-state index contributed by atoms with van der Waals surface area (Å²) >= 11 is 0. The largest absolute Gasteiger partial charge is 0.496 e. The highest BCUT2D eigenvalue weighted by molar-refractivity contribution is 6.01. The number of furan rings is 1. The number of anilines is 1. The van der Waals surface area contributed by atoms with Crippen LogP contribution in [0.3, 0.4) is 0 Å². The lowest BCUT2D eigenvalue weighted by Crippen LogP contribution is -2.46. The number of benzene rings is 2. The van der Waals surface area contributed by atoms with Crippen LogP contribution in [0.15, 0.2) is 65.3 Å². The third kappa shape index (κ3) is 3.56. The highest BCUT2D eigenvalue weighted by Crippen LogP contribution is 2.44. The van der Waals surface area contributed by atoms with E-state index >= 15 is 0 Å². The van der Waals surface area contributed by atoms with Crippen molar-refractivity contribution in [3.05, 3.63) is 66.7 Å². The highest BCUT2D eigenvalue weighted by atomic mass is 16.5. The van der Waals surface area contributed by atoms with Gasteiger partial charge in [0.25, 0.3) is 5.91 Å². The number of carbonyl (C=O) groups is 2. The fourth-order valence-corrected chi connectivity index (χ4v) is 5.40. The van der Waals surface area contributed by atoms with Crippen LogP contribution in [0.4, 0.5) is 5.69 Å². The predicted molar refractivity (Wildman–Crippen MR) is 131 cm³/mol. The van der Waals surface area contributed by atoms with Gasteiger partial charge >= 0.3 is 0 Å². The Hall–Kier alpha value is -4.07. The first kappa shape index (κ1) is 21.5. The molecule has 2 aromatic carbocycles. The van der Waals surface area contributed by atoms with Gasteiger partial charge in [-0.1, -0.05) is 18.2 Å². The Morgan fingerprint density at radius 3 is 2.63 bits per heavy atom. The summed E-state index contributed by atoms with van der Waals surface area (Å²) in [5.41, 5.74) is 2.96. The second-order valence-electron chi connectivity index (χ2n) is 9.30. The molecule has 2 aliphatic rings. The number of fused-ring (bicyclic) bond motifs is 1. The molecule has 2 amide bonds. The number of nitrogens with zero attached hydrogens (tertiary/aromatic N) is 3. The molecule has 4 aromatic rings. The molecule has 35 heavy (non-hydrogen) atoms. The molecule has 0 atom stereocenters. The first-order valence-electron chi connectivity index (χ1n) is 11.8. The quantitative estimate of drug-likeness (QED) is 0.475. The van der Waals surface area contributed by atoms with Gasteiger partial charge in [0.1, 0.15) is 11.3 Å². The van der Waals surface area contributed by atoms with Gasteiger partial charge in [0, 0.05) is 54.1 Å². The van der Waals surface area contributed by atoms with Gasteiger partial charge in [-0.15, -0.1) is 0 Å². The summed E-state index contributed by atoms with van der Waals surface area (Å²) in [5.74, 6) is 1.07. The minimum absolute atomic E-state index is 0.113. The summed E-state index contributed by atoms with van der Waals surface area (Å²) in [5, 5.41) is 7.75. The first-order chi connectivity index (χ1) is 17.1. The van der Waals surface area contributed by atoms with Crippen LogP contribution < -0.4 is 9.64 Å². The number of nitrogens with one attached hydrogen (secondary N) is 1. The molecular formula is C27H26N4O4. The van der Waals surface area contributed by atoms with Crippen LogP contribution in [0.2, 0.25) is 0 Å². The van der Waals surface area contributed by atoms with E-state index < -0.39 is 5.41 Å². The minimum atomic E-state index is -0.429. The summed E-state index contributed by atoms with van der Waals surface area (Å²) in [6.45, 7) is 1.74. The van der Waals surface area contributed by atoms with E-state index in [0.717, 1.165) is 28.6 Å². The Morgan fingerprint density at radius 1 is 1.09 bits per heavy atom. The SMILES string of the molecule is COc1cc(N2CCC3(CCN(C(=O)c4cc5ccccc5o4)CC3)C2=O)ccc1-c1cn[nH]c1. The number of amides is 2. The van der Waals surface area contributed by atoms with E-state index in [1.807, 2.05) is 58.5 Å². The van der Waals surface area contributed by atoms with E-state index in [2.05, 4.69) is 10.2 Å². The lowest BCUT2D eigenvalue weighted by molar-refractivity contribution is -0.127. The maximum atomic E-state index is 13.6. The van der Waals surface area contributed by atoms with Gasteiger partial charge in [0.2, 0.25) is 5.91 Å². The van der Waals surface area contributed by atoms with Crippen molar-refractivity contribution in [2.75, 3.05) is 31.6 Å². The zero-order chi connectivity index (χ0) is 24.0. The number of piperidine rings is 1. The second-order valence-corrected chi connectivity index (χ2v) is 9.30. The fraction of sp³-hybridized carbons (Fsp3) is 0.296. The Kier molecular flexibility index (Phi) is 5.09. The van der Waals surface area contributed by atoms with E-state index in [-0.39, 0.29) is 11.8 Å². The average molecular weight is 471 g/mol. The third-order valence-electron chi connectivity index (χ3n) is 7.46. The van der Waals surface area contributed by atoms with E-state index in [9.17, 15) is 9.59 Å². The molecule has 2 aliphatic heterocycles. The summed E-state index contributed by atoms with van der Waals surface area (Å²) in [6.07, 6.45) is 5.64. The number of rotatable bonds is 4. The minimum Gasteiger partial charge on any atom is -0.496 e. The molecule has 2 saturated heterocycles. The van der Waals surface area contributed by atoms with Crippen LogP contribution in [-0.4, -0.2) is 53.7 Å². The molecule has 0 unspecified atom stereocenters. The number of H-pyrrole nitrogens is 1. The van der Waals surface area contributed by atoms with Crippen molar-refractivity contribution < 1.29 is 18.7 Å². The van der Waals surface area contributed by atoms with Gasteiger partial charge in [-0.25, -0.2) is 0 Å². The van der Waals surface area contributed by atoms with E-state index in [0.29, 0.717) is 49.6 Å². The molecule has 6 rings (SSSR count). The Balaban J connectivity index is 1.17. The number of aromatic amines is 1. The van der Waals surface area contributed by atoms with Crippen molar-refractivity contribution in [1.82, 2.24) is 15.1 Å². The monoisotopic (exact) mass is 470 g/mol. The van der Waals surface area contributed by atoms with Gasteiger partial charge in [0.15, 0.2) is 5.76 Å². The molecular weight excluding hydrogens is 444 g/mol. The Morgan fingerprint density at radius 2 is 1.89 bits per heavy atom.